The monoisotopic (exact) mass is 129 g/mol. The molecule has 1 rings (SSSR count). The highest BCUT2D eigenvalue weighted by atomic mass is 19.1. The third-order valence-electron chi connectivity index (χ3n) is 0.845. The van der Waals surface area contributed by atoms with Gasteiger partial charge in [0.15, 0.2) is 11.6 Å². The molecule has 0 fully saturated rings. The van der Waals surface area contributed by atoms with Gasteiger partial charge in [0.25, 0.3) is 0 Å². The first kappa shape index (κ1) is 6.01. The van der Waals surface area contributed by atoms with Crippen LogP contribution in [0.15, 0.2) is 12.1 Å². The molecule has 1 nitrogen and oxygen atoms in total. The third-order valence-corrected chi connectivity index (χ3v) is 0.845. The van der Waals surface area contributed by atoms with Gasteiger partial charge < -0.3 is 5.11 Å². The average Bonchev–Trinajstić information content (AvgIpc) is 1.80. The Labute approximate surface area is 50.6 Å². The van der Waals surface area contributed by atoms with Crippen LogP contribution in [0.4, 0.5) is 8.78 Å². The summed E-state index contributed by atoms with van der Waals surface area (Å²) in [6, 6.07) is 3.34. The lowest BCUT2D eigenvalue weighted by atomic mass is 10.3. The fraction of sp³-hybridized carbons (Fsp3) is 0. The summed E-state index contributed by atoms with van der Waals surface area (Å²) in [6.45, 7) is 0. The van der Waals surface area contributed by atoms with E-state index in [1.807, 2.05) is 6.07 Å². The second-order valence-electron chi connectivity index (χ2n) is 1.51. The van der Waals surface area contributed by atoms with Gasteiger partial charge in [-0.1, -0.05) is 0 Å². The Morgan fingerprint density at radius 3 is 2.56 bits per heavy atom. The van der Waals surface area contributed by atoms with Crippen LogP contribution in [0.1, 0.15) is 0 Å². The summed E-state index contributed by atoms with van der Waals surface area (Å²) in [6.07, 6.45) is 0. The summed E-state index contributed by atoms with van der Waals surface area (Å²) in [5.41, 5.74) is 0. The zero-order valence-corrected chi connectivity index (χ0v) is 4.36. The van der Waals surface area contributed by atoms with E-state index in [9.17, 15) is 8.78 Å². The first-order valence-corrected chi connectivity index (χ1v) is 2.26. The molecule has 9 heavy (non-hydrogen) atoms. The van der Waals surface area contributed by atoms with Crippen LogP contribution in [0.25, 0.3) is 0 Å². The van der Waals surface area contributed by atoms with Crippen LogP contribution < -0.4 is 0 Å². The fourth-order valence-electron chi connectivity index (χ4n) is 0.437. The number of phenols is 1. The summed E-state index contributed by atoms with van der Waals surface area (Å²) < 4.78 is 24.0. The molecule has 1 aromatic rings. The Balaban J connectivity index is 3.17. The van der Waals surface area contributed by atoms with E-state index >= 15 is 0 Å². The van der Waals surface area contributed by atoms with Crippen LogP contribution in [0.2, 0.25) is 0 Å². The van der Waals surface area contributed by atoms with Crippen LogP contribution in [0, 0.1) is 17.7 Å². The number of phenolic OH excluding ortho intramolecular Hbond substituents is 1. The van der Waals surface area contributed by atoms with Crippen molar-refractivity contribution in [1.82, 2.24) is 0 Å². The van der Waals surface area contributed by atoms with Crippen LogP contribution >= 0.6 is 0 Å². The lowest BCUT2D eigenvalue weighted by Crippen LogP contribution is -1.77. The predicted octanol–water partition coefficient (Wildman–Crippen LogP) is 1.47. The maximum absolute atomic E-state index is 12.1. The molecule has 0 aliphatic heterocycles. The highest BCUT2D eigenvalue weighted by molar-refractivity contribution is 5.21. The molecule has 1 N–H and O–H groups in total. The van der Waals surface area contributed by atoms with Crippen molar-refractivity contribution < 1.29 is 13.9 Å². The molecule has 0 unspecified atom stereocenters. The van der Waals surface area contributed by atoms with Gasteiger partial charge in [0.05, 0.1) is 0 Å². The van der Waals surface area contributed by atoms with E-state index in [-0.39, 0.29) is 0 Å². The molecule has 47 valence electrons. The molecular formula is C6H3F2O. The number of rotatable bonds is 0. The van der Waals surface area contributed by atoms with E-state index < -0.39 is 17.4 Å². The molecule has 0 bridgehead atoms. The van der Waals surface area contributed by atoms with Crippen molar-refractivity contribution >= 4 is 0 Å². The molecule has 3 heteroatoms. The maximum Gasteiger partial charge on any atom is 0.165 e. The largest absolute Gasteiger partial charge is 0.505 e. The van der Waals surface area contributed by atoms with Crippen molar-refractivity contribution in [2.24, 2.45) is 0 Å². The van der Waals surface area contributed by atoms with Crippen LogP contribution in [-0.2, 0) is 0 Å². The van der Waals surface area contributed by atoms with Gasteiger partial charge in [-0.2, -0.15) is 0 Å². The SMILES string of the molecule is Oc1cc(F)[c]cc1F. The van der Waals surface area contributed by atoms with E-state index in [0.29, 0.717) is 6.07 Å². The molecule has 0 saturated heterocycles. The van der Waals surface area contributed by atoms with E-state index in [2.05, 4.69) is 0 Å². The van der Waals surface area contributed by atoms with Gasteiger partial charge in [-0.15, -0.1) is 0 Å². The van der Waals surface area contributed by atoms with Gasteiger partial charge in [0.1, 0.15) is 5.82 Å². The Bertz CT molecular complexity index is 222. The molecule has 1 radical (unpaired) electrons. The Kier molecular flexibility index (Phi) is 1.34. The van der Waals surface area contributed by atoms with Crippen molar-refractivity contribution in [1.29, 1.82) is 0 Å². The molecule has 1 aromatic carbocycles. The van der Waals surface area contributed by atoms with Gasteiger partial charge in [-0.05, 0) is 6.07 Å². The van der Waals surface area contributed by atoms with Gasteiger partial charge in [0.2, 0.25) is 0 Å². The van der Waals surface area contributed by atoms with E-state index in [0.717, 1.165) is 6.07 Å². The number of hydrogen-bond donors (Lipinski definition) is 1. The predicted molar refractivity (Wildman–Crippen MR) is 26.9 cm³/mol. The van der Waals surface area contributed by atoms with Crippen LogP contribution in [0.3, 0.4) is 0 Å². The molecule has 0 aliphatic carbocycles. The quantitative estimate of drug-likeness (QED) is 0.562. The molecular weight excluding hydrogens is 126 g/mol. The van der Waals surface area contributed by atoms with Gasteiger partial charge >= 0.3 is 0 Å². The minimum Gasteiger partial charge on any atom is -0.505 e. The van der Waals surface area contributed by atoms with Crippen LogP contribution in [0.5, 0.6) is 5.75 Å². The maximum atomic E-state index is 12.1. The molecule has 0 spiro atoms. The molecule has 0 amide bonds. The second-order valence-corrected chi connectivity index (χ2v) is 1.51. The van der Waals surface area contributed by atoms with Crippen molar-refractivity contribution in [2.75, 3.05) is 0 Å². The summed E-state index contributed by atoms with van der Waals surface area (Å²) in [7, 11) is 0. The second kappa shape index (κ2) is 2.01. The van der Waals surface area contributed by atoms with E-state index in [4.69, 9.17) is 5.11 Å². The van der Waals surface area contributed by atoms with E-state index in [1.165, 1.54) is 0 Å². The van der Waals surface area contributed by atoms with Crippen molar-refractivity contribution in [2.45, 2.75) is 0 Å². The minimum atomic E-state index is -0.864. The van der Waals surface area contributed by atoms with Crippen molar-refractivity contribution in [3.63, 3.8) is 0 Å². The highest BCUT2D eigenvalue weighted by Crippen LogP contribution is 2.14. The number of benzene rings is 1. The Hall–Kier alpha value is -1.12. The average molecular weight is 129 g/mol. The summed E-state index contributed by atoms with van der Waals surface area (Å²) in [4.78, 5) is 0. The Morgan fingerprint density at radius 1 is 1.44 bits per heavy atom. The first-order valence-electron chi connectivity index (χ1n) is 2.26. The summed E-state index contributed by atoms with van der Waals surface area (Å²) in [5, 5.41) is 8.47. The lowest BCUT2D eigenvalue weighted by Gasteiger charge is -1.90. The minimum absolute atomic E-state index is 0.662. The summed E-state index contributed by atoms with van der Waals surface area (Å²) in [5.74, 6) is -2.32. The fourth-order valence-corrected chi connectivity index (χ4v) is 0.437. The number of halogens is 2. The van der Waals surface area contributed by atoms with Gasteiger partial charge in [-0.3, -0.25) is 0 Å². The van der Waals surface area contributed by atoms with Crippen molar-refractivity contribution in [3.05, 3.63) is 29.8 Å². The molecule has 0 heterocycles. The molecule has 0 aliphatic rings. The molecule has 0 saturated carbocycles. The van der Waals surface area contributed by atoms with Gasteiger partial charge in [-0.25, -0.2) is 8.78 Å². The normalized spacial score (nSPS) is 9.56. The molecule has 0 atom stereocenters. The zero-order chi connectivity index (χ0) is 6.85. The van der Waals surface area contributed by atoms with Gasteiger partial charge in [0, 0.05) is 12.1 Å². The first-order chi connectivity index (χ1) is 4.20. The zero-order valence-electron chi connectivity index (χ0n) is 4.36. The Morgan fingerprint density at radius 2 is 2.11 bits per heavy atom. The third kappa shape index (κ3) is 1.16. The topological polar surface area (TPSA) is 20.2 Å². The smallest absolute Gasteiger partial charge is 0.165 e. The highest BCUT2D eigenvalue weighted by Gasteiger charge is 1.99. The van der Waals surface area contributed by atoms with Crippen LogP contribution in [-0.4, -0.2) is 5.11 Å². The standard InChI is InChI=1S/C6H3F2O/c7-4-1-2-5(8)6(9)3-4/h2-3,9H. The number of hydrogen-bond acceptors (Lipinski definition) is 1. The van der Waals surface area contributed by atoms with Crippen molar-refractivity contribution in [3.8, 4) is 5.75 Å². The summed E-state index contributed by atoms with van der Waals surface area (Å²) >= 11 is 0. The lowest BCUT2D eigenvalue weighted by molar-refractivity contribution is 0.426. The molecule has 0 aromatic heterocycles. The number of aromatic hydroxyl groups is 1. The van der Waals surface area contributed by atoms with E-state index in [1.54, 1.807) is 0 Å².